The van der Waals surface area contributed by atoms with Crippen molar-refractivity contribution < 1.29 is 19.0 Å². The molecule has 1 amide bonds. The number of aryl methyl sites for hydroxylation is 2. The zero-order valence-corrected chi connectivity index (χ0v) is 19.1. The molecule has 0 spiro atoms. The zero-order chi connectivity index (χ0) is 22.9. The highest BCUT2D eigenvalue weighted by atomic mass is 16.5. The summed E-state index contributed by atoms with van der Waals surface area (Å²) >= 11 is 0. The summed E-state index contributed by atoms with van der Waals surface area (Å²) in [5.74, 6) is 1.85. The number of hydrogen-bond donors (Lipinski definition) is 0. The molecule has 0 atom stereocenters. The van der Waals surface area contributed by atoms with Crippen LogP contribution in [-0.4, -0.2) is 42.6 Å². The molecule has 6 heteroatoms. The van der Waals surface area contributed by atoms with Crippen LogP contribution in [0.5, 0.6) is 17.2 Å². The van der Waals surface area contributed by atoms with Gasteiger partial charge < -0.3 is 19.1 Å². The molecule has 1 heterocycles. The second-order valence-electron chi connectivity index (χ2n) is 7.64. The maximum atomic E-state index is 12.9. The lowest BCUT2D eigenvalue weighted by Gasteiger charge is -2.19. The molecule has 0 bridgehead atoms. The first-order chi connectivity index (χ1) is 15.5. The molecule has 1 aromatic heterocycles. The number of carbonyl (C=O) groups is 1. The minimum Gasteiger partial charge on any atom is -0.492 e. The van der Waals surface area contributed by atoms with E-state index in [1.807, 2.05) is 45.0 Å². The molecule has 6 nitrogen and oxygen atoms in total. The van der Waals surface area contributed by atoms with Crippen LogP contribution in [0.25, 0.3) is 0 Å². The SMILES string of the molecule is CCOc1cc(C(=O)N(C)CCOc2cc(C)cc(C)c2)ccc1OCc1cccnc1. The average molecular weight is 435 g/mol. The maximum Gasteiger partial charge on any atom is 0.253 e. The molecule has 0 saturated heterocycles. The van der Waals surface area contributed by atoms with E-state index in [0.717, 1.165) is 22.4 Å². The second-order valence-corrected chi connectivity index (χ2v) is 7.64. The Hall–Kier alpha value is -3.54. The molecular formula is C26H30N2O4. The van der Waals surface area contributed by atoms with Gasteiger partial charge in [0.15, 0.2) is 11.5 Å². The fourth-order valence-corrected chi connectivity index (χ4v) is 3.31. The van der Waals surface area contributed by atoms with E-state index in [1.54, 1.807) is 42.5 Å². The van der Waals surface area contributed by atoms with Crippen molar-refractivity contribution in [2.24, 2.45) is 0 Å². The monoisotopic (exact) mass is 434 g/mol. The molecule has 168 valence electrons. The Balaban J connectivity index is 1.61. The topological polar surface area (TPSA) is 60.9 Å². The summed E-state index contributed by atoms with van der Waals surface area (Å²) in [5, 5.41) is 0. The number of amides is 1. The molecule has 3 aromatic rings. The largest absolute Gasteiger partial charge is 0.492 e. The highest BCUT2D eigenvalue weighted by molar-refractivity contribution is 5.94. The number of aromatic nitrogens is 1. The Morgan fingerprint density at radius 1 is 0.969 bits per heavy atom. The van der Waals surface area contributed by atoms with E-state index in [0.29, 0.717) is 43.4 Å². The van der Waals surface area contributed by atoms with Gasteiger partial charge in [0.25, 0.3) is 5.91 Å². The Kier molecular flexibility index (Phi) is 8.08. The molecule has 2 aromatic carbocycles. The standard InChI is InChI=1S/C26H30N2O4/c1-5-30-25-16-22(8-9-24(25)32-18-21-7-6-10-27-17-21)26(29)28(4)11-12-31-23-14-19(2)13-20(3)15-23/h6-10,13-17H,5,11-12,18H2,1-4H3. The predicted octanol–water partition coefficient (Wildman–Crippen LogP) is 4.83. The van der Waals surface area contributed by atoms with Gasteiger partial charge in [-0.15, -0.1) is 0 Å². The van der Waals surface area contributed by atoms with Crippen LogP contribution in [0.3, 0.4) is 0 Å². The summed E-state index contributed by atoms with van der Waals surface area (Å²) in [6.45, 7) is 7.70. The van der Waals surface area contributed by atoms with Crippen molar-refractivity contribution in [3.05, 3.63) is 83.2 Å². The number of rotatable bonds is 10. The normalized spacial score (nSPS) is 10.5. The highest BCUT2D eigenvalue weighted by Gasteiger charge is 2.15. The first-order valence-electron chi connectivity index (χ1n) is 10.7. The van der Waals surface area contributed by atoms with Gasteiger partial charge in [-0.3, -0.25) is 9.78 Å². The molecule has 0 aliphatic carbocycles. The van der Waals surface area contributed by atoms with Crippen LogP contribution in [0.1, 0.15) is 34.0 Å². The van der Waals surface area contributed by atoms with Crippen LogP contribution < -0.4 is 14.2 Å². The first kappa shape index (κ1) is 23.1. The van der Waals surface area contributed by atoms with E-state index in [4.69, 9.17) is 14.2 Å². The van der Waals surface area contributed by atoms with Crippen molar-refractivity contribution in [2.75, 3.05) is 26.8 Å². The van der Waals surface area contributed by atoms with Crippen LogP contribution in [0, 0.1) is 13.8 Å². The molecule has 0 N–H and O–H groups in total. The highest BCUT2D eigenvalue weighted by Crippen LogP contribution is 2.29. The lowest BCUT2D eigenvalue weighted by Crippen LogP contribution is -2.30. The molecule has 0 aliphatic heterocycles. The first-order valence-corrected chi connectivity index (χ1v) is 10.7. The lowest BCUT2D eigenvalue weighted by atomic mass is 10.1. The summed E-state index contributed by atoms with van der Waals surface area (Å²) in [6, 6.07) is 15.2. The van der Waals surface area contributed by atoms with Gasteiger partial charge in [0.2, 0.25) is 0 Å². The van der Waals surface area contributed by atoms with E-state index in [1.165, 1.54) is 0 Å². The van der Waals surface area contributed by atoms with Crippen LogP contribution >= 0.6 is 0 Å². The van der Waals surface area contributed by atoms with Gasteiger partial charge in [-0.25, -0.2) is 0 Å². The van der Waals surface area contributed by atoms with Crippen LogP contribution in [0.4, 0.5) is 0 Å². The zero-order valence-electron chi connectivity index (χ0n) is 19.1. The Labute approximate surface area is 189 Å². The third kappa shape index (κ3) is 6.48. The molecule has 0 fully saturated rings. The minimum absolute atomic E-state index is 0.103. The third-order valence-corrected chi connectivity index (χ3v) is 4.84. The Morgan fingerprint density at radius 2 is 1.75 bits per heavy atom. The summed E-state index contributed by atoms with van der Waals surface area (Å²) in [6.07, 6.45) is 3.48. The summed E-state index contributed by atoms with van der Waals surface area (Å²) in [7, 11) is 1.76. The van der Waals surface area contributed by atoms with Crippen LogP contribution in [0.15, 0.2) is 60.9 Å². The number of carbonyl (C=O) groups excluding carboxylic acids is 1. The van der Waals surface area contributed by atoms with E-state index in [-0.39, 0.29) is 5.91 Å². The molecule has 32 heavy (non-hydrogen) atoms. The fourth-order valence-electron chi connectivity index (χ4n) is 3.31. The predicted molar refractivity (Wildman–Crippen MR) is 125 cm³/mol. The summed E-state index contributed by atoms with van der Waals surface area (Å²) in [5.41, 5.74) is 3.80. The van der Waals surface area contributed by atoms with Crippen molar-refractivity contribution in [3.63, 3.8) is 0 Å². The van der Waals surface area contributed by atoms with Crippen LogP contribution in [-0.2, 0) is 6.61 Å². The van der Waals surface area contributed by atoms with E-state index < -0.39 is 0 Å². The molecule has 0 unspecified atom stereocenters. The number of hydrogen-bond acceptors (Lipinski definition) is 5. The van der Waals surface area contributed by atoms with Crippen molar-refractivity contribution in [1.82, 2.24) is 9.88 Å². The second kappa shape index (κ2) is 11.2. The molecule has 0 aliphatic rings. The number of likely N-dealkylation sites (N-methyl/N-ethyl adjacent to an activating group) is 1. The minimum atomic E-state index is -0.103. The van der Waals surface area contributed by atoms with Crippen molar-refractivity contribution in [1.29, 1.82) is 0 Å². The number of ether oxygens (including phenoxy) is 3. The average Bonchev–Trinajstić information content (AvgIpc) is 2.78. The third-order valence-electron chi connectivity index (χ3n) is 4.84. The van der Waals surface area contributed by atoms with E-state index in [9.17, 15) is 4.79 Å². The van der Waals surface area contributed by atoms with E-state index in [2.05, 4.69) is 11.1 Å². The number of benzene rings is 2. The number of nitrogens with zero attached hydrogens (tertiary/aromatic N) is 2. The molecular weight excluding hydrogens is 404 g/mol. The van der Waals surface area contributed by atoms with Gasteiger partial charge in [-0.05, 0) is 68.3 Å². The van der Waals surface area contributed by atoms with Gasteiger partial charge in [0.05, 0.1) is 13.2 Å². The molecule has 0 radical (unpaired) electrons. The molecule has 3 rings (SSSR count). The Bertz CT molecular complexity index is 1020. The van der Waals surface area contributed by atoms with Crippen molar-refractivity contribution >= 4 is 5.91 Å². The Morgan fingerprint density at radius 3 is 2.44 bits per heavy atom. The smallest absolute Gasteiger partial charge is 0.253 e. The van der Waals surface area contributed by atoms with Gasteiger partial charge in [-0.2, -0.15) is 0 Å². The van der Waals surface area contributed by atoms with Crippen LogP contribution in [0.2, 0.25) is 0 Å². The van der Waals surface area contributed by atoms with Crippen molar-refractivity contribution in [3.8, 4) is 17.2 Å². The van der Waals surface area contributed by atoms with Gasteiger partial charge in [-0.1, -0.05) is 12.1 Å². The fraction of sp³-hybridized carbons (Fsp3) is 0.308. The summed E-state index contributed by atoms with van der Waals surface area (Å²) in [4.78, 5) is 18.6. The molecule has 0 saturated carbocycles. The van der Waals surface area contributed by atoms with E-state index >= 15 is 0 Å². The lowest BCUT2D eigenvalue weighted by molar-refractivity contribution is 0.0773. The van der Waals surface area contributed by atoms with Gasteiger partial charge >= 0.3 is 0 Å². The quantitative estimate of drug-likeness (QED) is 0.458. The number of pyridine rings is 1. The maximum absolute atomic E-state index is 12.9. The van der Waals surface area contributed by atoms with Gasteiger partial charge in [0.1, 0.15) is 19.0 Å². The van der Waals surface area contributed by atoms with Gasteiger partial charge in [0, 0.05) is 30.6 Å². The summed E-state index contributed by atoms with van der Waals surface area (Å²) < 4.78 is 17.5. The van der Waals surface area contributed by atoms with Crippen molar-refractivity contribution in [2.45, 2.75) is 27.4 Å².